The molecule has 100 valence electrons. The molecule has 1 saturated carbocycles. The highest BCUT2D eigenvalue weighted by Crippen LogP contribution is 2.33. The third-order valence-electron chi connectivity index (χ3n) is 3.58. The Balaban J connectivity index is 2.25. The van der Waals surface area contributed by atoms with E-state index in [9.17, 15) is 13.6 Å². The van der Waals surface area contributed by atoms with Crippen LogP contribution in [0.25, 0.3) is 0 Å². The molecule has 0 radical (unpaired) electrons. The quantitative estimate of drug-likeness (QED) is 0.645. The minimum absolute atomic E-state index is 0.135. The van der Waals surface area contributed by atoms with E-state index in [1.54, 1.807) is 0 Å². The Labute approximate surface area is 102 Å². The third kappa shape index (κ3) is 5.11. The number of hydrogen-bond donors (Lipinski definition) is 0. The summed E-state index contributed by atoms with van der Waals surface area (Å²) in [5.41, 5.74) is 0. The number of alkyl halides is 2. The second kappa shape index (κ2) is 7.75. The predicted octanol–water partition coefficient (Wildman–Crippen LogP) is 3.44. The van der Waals surface area contributed by atoms with Gasteiger partial charge in [0.15, 0.2) is 0 Å². The van der Waals surface area contributed by atoms with E-state index in [1.165, 1.54) is 6.42 Å². The maximum absolute atomic E-state index is 11.9. The average molecular weight is 248 g/mol. The smallest absolute Gasteiger partial charge is 0.261 e. The lowest BCUT2D eigenvalue weighted by Gasteiger charge is -2.29. The molecule has 17 heavy (non-hydrogen) atoms. The molecule has 0 aliphatic heterocycles. The van der Waals surface area contributed by atoms with Crippen LogP contribution in [0.3, 0.4) is 0 Å². The van der Waals surface area contributed by atoms with E-state index < -0.39 is 13.0 Å². The van der Waals surface area contributed by atoms with Gasteiger partial charge in [-0.05, 0) is 18.8 Å². The van der Waals surface area contributed by atoms with E-state index in [-0.39, 0.29) is 24.7 Å². The lowest BCUT2D eigenvalue weighted by molar-refractivity contribution is -0.127. The van der Waals surface area contributed by atoms with E-state index >= 15 is 0 Å². The molecule has 0 aromatic carbocycles. The lowest BCUT2D eigenvalue weighted by atomic mass is 9.75. The molecule has 0 aromatic heterocycles. The Morgan fingerprint density at radius 3 is 2.71 bits per heavy atom. The number of ether oxygens (including phenoxy) is 1. The molecule has 1 rings (SSSR count). The summed E-state index contributed by atoms with van der Waals surface area (Å²) in [4.78, 5) is 11.9. The van der Waals surface area contributed by atoms with E-state index in [0.29, 0.717) is 5.92 Å². The summed E-state index contributed by atoms with van der Waals surface area (Å²) in [6, 6.07) is 0. The molecular weight excluding hydrogens is 226 g/mol. The largest absolute Gasteiger partial charge is 0.375 e. The SMILES string of the molecule is CCC1CCCCC1C(=O)CCOCC(F)F. The molecule has 0 saturated heterocycles. The normalized spacial score (nSPS) is 25.2. The molecule has 0 amide bonds. The number of ketones is 1. The standard InChI is InChI=1S/C13H22F2O2/c1-2-10-5-3-4-6-11(10)12(16)7-8-17-9-13(14)15/h10-11,13H,2-9H2,1H3. The molecule has 1 aliphatic rings. The van der Waals surface area contributed by atoms with Crippen molar-refractivity contribution in [2.75, 3.05) is 13.2 Å². The number of carbonyl (C=O) groups is 1. The third-order valence-corrected chi connectivity index (χ3v) is 3.58. The van der Waals surface area contributed by atoms with Crippen LogP contribution < -0.4 is 0 Å². The van der Waals surface area contributed by atoms with Crippen molar-refractivity contribution < 1.29 is 18.3 Å². The van der Waals surface area contributed by atoms with Gasteiger partial charge in [0.05, 0.1) is 6.61 Å². The Morgan fingerprint density at radius 1 is 1.35 bits per heavy atom. The highest BCUT2D eigenvalue weighted by atomic mass is 19.3. The summed E-state index contributed by atoms with van der Waals surface area (Å²) in [5.74, 6) is 0.834. The summed E-state index contributed by atoms with van der Waals surface area (Å²) in [6.07, 6.45) is 3.30. The summed E-state index contributed by atoms with van der Waals surface area (Å²) >= 11 is 0. The molecular formula is C13H22F2O2. The van der Waals surface area contributed by atoms with Crippen LogP contribution in [0, 0.1) is 11.8 Å². The van der Waals surface area contributed by atoms with Gasteiger partial charge in [-0.2, -0.15) is 0 Å². The Hall–Kier alpha value is -0.510. The fourth-order valence-electron chi connectivity index (χ4n) is 2.65. The van der Waals surface area contributed by atoms with Gasteiger partial charge in [-0.1, -0.05) is 26.2 Å². The second-order valence-corrected chi connectivity index (χ2v) is 4.74. The topological polar surface area (TPSA) is 26.3 Å². The van der Waals surface area contributed by atoms with Crippen LogP contribution in [0.2, 0.25) is 0 Å². The van der Waals surface area contributed by atoms with Crippen molar-refractivity contribution in [3.8, 4) is 0 Å². The van der Waals surface area contributed by atoms with Crippen LogP contribution in [-0.4, -0.2) is 25.4 Å². The number of Topliss-reactive ketones (excluding diaryl/α,β-unsaturated/α-hetero) is 1. The van der Waals surface area contributed by atoms with Gasteiger partial charge < -0.3 is 4.74 Å². The highest BCUT2D eigenvalue weighted by Gasteiger charge is 2.28. The zero-order valence-corrected chi connectivity index (χ0v) is 10.5. The highest BCUT2D eigenvalue weighted by molar-refractivity contribution is 5.81. The van der Waals surface area contributed by atoms with Crippen LogP contribution in [0.15, 0.2) is 0 Å². The minimum Gasteiger partial charge on any atom is -0.375 e. The Bertz CT molecular complexity index is 231. The molecule has 2 atom stereocenters. The monoisotopic (exact) mass is 248 g/mol. The number of hydrogen-bond acceptors (Lipinski definition) is 2. The van der Waals surface area contributed by atoms with Gasteiger partial charge in [0.1, 0.15) is 12.4 Å². The molecule has 0 heterocycles. The summed E-state index contributed by atoms with van der Waals surface area (Å²) in [5, 5.41) is 0. The van der Waals surface area contributed by atoms with E-state index in [0.717, 1.165) is 25.7 Å². The number of halogens is 2. The summed E-state index contributed by atoms with van der Waals surface area (Å²) in [6.45, 7) is 1.69. The van der Waals surface area contributed by atoms with Crippen molar-refractivity contribution in [1.29, 1.82) is 0 Å². The molecule has 1 aliphatic carbocycles. The molecule has 0 bridgehead atoms. The summed E-state index contributed by atoms with van der Waals surface area (Å²) in [7, 11) is 0. The predicted molar refractivity (Wildman–Crippen MR) is 62.2 cm³/mol. The fraction of sp³-hybridized carbons (Fsp3) is 0.923. The first-order valence-electron chi connectivity index (χ1n) is 6.53. The van der Waals surface area contributed by atoms with Gasteiger partial charge in [0.2, 0.25) is 0 Å². The molecule has 0 spiro atoms. The molecule has 0 aromatic rings. The fourth-order valence-corrected chi connectivity index (χ4v) is 2.65. The van der Waals surface area contributed by atoms with Crippen LogP contribution in [0.1, 0.15) is 45.4 Å². The number of rotatable bonds is 7. The molecule has 2 unspecified atom stereocenters. The van der Waals surface area contributed by atoms with Gasteiger partial charge in [-0.3, -0.25) is 4.79 Å². The van der Waals surface area contributed by atoms with Crippen LogP contribution >= 0.6 is 0 Å². The van der Waals surface area contributed by atoms with Crippen molar-refractivity contribution in [3.05, 3.63) is 0 Å². The van der Waals surface area contributed by atoms with E-state index in [1.807, 2.05) is 0 Å². The van der Waals surface area contributed by atoms with Crippen molar-refractivity contribution in [3.63, 3.8) is 0 Å². The van der Waals surface area contributed by atoms with Gasteiger partial charge >= 0.3 is 0 Å². The Morgan fingerprint density at radius 2 is 2.06 bits per heavy atom. The van der Waals surface area contributed by atoms with E-state index in [4.69, 9.17) is 4.74 Å². The number of carbonyl (C=O) groups excluding carboxylic acids is 1. The van der Waals surface area contributed by atoms with Crippen molar-refractivity contribution >= 4 is 5.78 Å². The van der Waals surface area contributed by atoms with Crippen LogP contribution in [0.5, 0.6) is 0 Å². The van der Waals surface area contributed by atoms with E-state index in [2.05, 4.69) is 6.92 Å². The van der Waals surface area contributed by atoms with Crippen LogP contribution in [0.4, 0.5) is 8.78 Å². The lowest BCUT2D eigenvalue weighted by Crippen LogP contribution is -2.27. The minimum atomic E-state index is -2.44. The average Bonchev–Trinajstić information content (AvgIpc) is 2.34. The Kier molecular flexibility index (Phi) is 6.63. The molecule has 4 heteroatoms. The molecule has 0 N–H and O–H groups in total. The molecule has 2 nitrogen and oxygen atoms in total. The van der Waals surface area contributed by atoms with Crippen molar-refractivity contribution in [1.82, 2.24) is 0 Å². The zero-order valence-electron chi connectivity index (χ0n) is 10.5. The van der Waals surface area contributed by atoms with Gasteiger partial charge in [0, 0.05) is 12.3 Å². The summed E-state index contributed by atoms with van der Waals surface area (Å²) < 4.78 is 28.4. The second-order valence-electron chi connectivity index (χ2n) is 4.74. The van der Waals surface area contributed by atoms with Crippen molar-refractivity contribution in [2.45, 2.75) is 51.9 Å². The zero-order chi connectivity index (χ0) is 12.7. The van der Waals surface area contributed by atoms with Gasteiger partial charge in [0.25, 0.3) is 6.43 Å². The van der Waals surface area contributed by atoms with Gasteiger partial charge in [-0.15, -0.1) is 0 Å². The van der Waals surface area contributed by atoms with Crippen LogP contribution in [-0.2, 0) is 9.53 Å². The maximum Gasteiger partial charge on any atom is 0.261 e. The first-order valence-corrected chi connectivity index (χ1v) is 6.53. The van der Waals surface area contributed by atoms with Crippen molar-refractivity contribution in [2.24, 2.45) is 11.8 Å². The first kappa shape index (κ1) is 14.6. The maximum atomic E-state index is 11.9. The molecule has 1 fully saturated rings. The van der Waals surface area contributed by atoms with Gasteiger partial charge in [-0.25, -0.2) is 8.78 Å². The first-order chi connectivity index (χ1) is 8.15.